The number of anilines is 1. The number of thiophene rings is 1. The molecule has 2 N–H and O–H groups in total. The van der Waals surface area contributed by atoms with Crippen LogP contribution in [0.3, 0.4) is 0 Å². The number of fused-ring (bicyclic) bond motifs is 1. The maximum absolute atomic E-state index is 12.9. The van der Waals surface area contributed by atoms with Gasteiger partial charge in [-0.15, -0.1) is 11.3 Å². The van der Waals surface area contributed by atoms with Gasteiger partial charge in [0, 0.05) is 26.9 Å². The molecule has 43 heavy (non-hydrogen) atoms. The van der Waals surface area contributed by atoms with E-state index >= 15 is 0 Å². The molecule has 1 aromatic heterocycles. The van der Waals surface area contributed by atoms with Crippen molar-refractivity contribution in [1.29, 1.82) is 0 Å². The quantitative estimate of drug-likeness (QED) is 0.0777. The summed E-state index contributed by atoms with van der Waals surface area (Å²) in [5.41, 5.74) is 5.55. The van der Waals surface area contributed by atoms with Crippen LogP contribution in [0.25, 0.3) is 10.1 Å². The molecule has 2 amide bonds. The van der Waals surface area contributed by atoms with E-state index in [4.69, 9.17) is 21.1 Å². The van der Waals surface area contributed by atoms with Gasteiger partial charge in [0.05, 0.1) is 17.8 Å². The first-order valence-electron chi connectivity index (χ1n) is 13.3. The Labute approximate surface area is 256 Å². The highest BCUT2D eigenvalue weighted by Gasteiger charge is 2.20. The van der Waals surface area contributed by atoms with Crippen molar-refractivity contribution in [3.8, 4) is 11.5 Å². The van der Waals surface area contributed by atoms with Crippen LogP contribution in [0, 0.1) is 6.92 Å². The molecule has 0 fully saturated rings. The number of nitrogens with zero attached hydrogens (tertiary/aromatic N) is 1. The Balaban J connectivity index is 1.21. The van der Waals surface area contributed by atoms with E-state index in [-0.39, 0.29) is 11.7 Å². The number of benzene rings is 4. The molecule has 10 heteroatoms. The minimum Gasteiger partial charge on any atom is -0.490 e. The third kappa shape index (κ3) is 7.09. The van der Waals surface area contributed by atoms with Gasteiger partial charge in [0.15, 0.2) is 11.5 Å². The number of carbonyl (C=O) groups is 3. The van der Waals surface area contributed by atoms with Crippen LogP contribution in [-0.2, 0) is 0 Å². The number of esters is 1. The molecule has 0 saturated heterocycles. The average molecular weight is 612 g/mol. The SMILES string of the molecule is CCOc1cc(/C=N\NC(=O)c2ccc(NC(=O)c3cccc(C)c3)cc2)ccc1OC(=O)c1sc2ccccc2c1Cl. The molecule has 5 aromatic rings. The second-order valence-electron chi connectivity index (χ2n) is 9.37. The summed E-state index contributed by atoms with van der Waals surface area (Å²) in [4.78, 5) is 38.3. The lowest BCUT2D eigenvalue weighted by Gasteiger charge is -2.11. The van der Waals surface area contributed by atoms with Crippen LogP contribution in [0.15, 0.2) is 96.1 Å². The van der Waals surface area contributed by atoms with Gasteiger partial charge in [-0.2, -0.15) is 5.10 Å². The molecular weight excluding hydrogens is 586 g/mol. The monoisotopic (exact) mass is 611 g/mol. The van der Waals surface area contributed by atoms with Gasteiger partial charge in [-0.05, 0) is 80.1 Å². The standard InChI is InChI=1S/C33H26ClN3O5S/c1-3-41-27-18-21(11-16-26(27)42-33(40)30-29(34)25-9-4-5-10-28(25)43-30)19-35-37-32(39)22-12-14-24(15-13-22)36-31(38)23-8-6-7-20(2)17-23/h4-19H,3H2,1-2H3,(H,36,38)(H,37,39)/b35-19-. The molecule has 0 saturated carbocycles. The number of ether oxygens (including phenoxy) is 2. The Bertz CT molecular complexity index is 1850. The van der Waals surface area contributed by atoms with Crippen LogP contribution in [0.1, 0.15) is 48.4 Å². The van der Waals surface area contributed by atoms with Gasteiger partial charge < -0.3 is 14.8 Å². The average Bonchev–Trinajstić information content (AvgIpc) is 3.35. The minimum atomic E-state index is -0.582. The molecular formula is C33H26ClN3O5S. The molecule has 5 rings (SSSR count). The molecule has 0 aliphatic carbocycles. The number of hydrogen-bond donors (Lipinski definition) is 2. The van der Waals surface area contributed by atoms with Crippen molar-refractivity contribution < 1.29 is 23.9 Å². The summed E-state index contributed by atoms with van der Waals surface area (Å²) in [5, 5.41) is 8.00. The first kappa shape index (κ1) is 29.5. The smallest absolute Gasteiger partial charge is 0.355 e. The van der Waals surface area contributed by atoms with E-state index in [2.05, 4.69) is 15.8 Å². The largest absolute Gasteiger partial charge is 0.490 e. The van der Waals surface area contributed by atoms with Gasteiger partial charge in [0.2, 0.25) is 0 Å². The topological polar surface area (TPSA) is 106 Å². The Kier molecular flexibility index (Phi) is 9.14. The van der Waals surface area contributed by atoms with Gasteiger partial charge in [0.1, 0.15) is 4.88 Å². The van der Waals surface area contributed by atoms with Gasteiger partial charge in [-0.1, -0.05) is 47.5 Å². The predicted molar refractivity (Wildman–Crippen MR) is 170 cm³/mol. The maximum atomic E-state index is 12.9. The highest BCUT2D eigenvalue weighted by molar-refractivity contribution is 7.21. The predicted octanol–water partition coefficient (Wildman–Crippen LogP) is 7.50. The number of hydrogen-bond acceptors (Lipinski definition) is 7. The number of rotatable bonds is 9. The van der Waals surface area contributed by atoms with Crippen LogP contribution in [0.2, 0.25) is 5.02 Å². The van der Waals surface area contributed by atoms with Gasteiger partial charge in [0.25, 0.3) is 11.8 Å². The molecule has 0 aliphatic heterocycles. The van der Waals surface area contributed by atoms with Crippen molar-refractivity contribution in [2.75, 3.05) is 11.9 Å². The zero-order valence-electron chi connectivity index (χ0n) is 23.2. The summed E-state index contributed by atoms with van der Waals surface area (Å²) < 4.78 is 12.2. The van der Waals surface area contributed by atoms with E-state index in [0.29, 0.717) is 44.6 Å². The first-order valence-corrected chi connectivity index (χ1v) is 14.5. The lowest BCUT2D eigenvalue weighted by Crippen LogP contribution is -2.18. The molecule has 8 nitrogen and oxygen atoms in total. The number of aryl methyl sites for hydroxylation is 1. The highest BCUT2D eigenvalue weighted by Crippen LogP contribution is 2.37. The first-order chi connectivity index (χ1) is 20.8. The van der Waals surface area contributed by atoms with E-state index in [0.717, 1.165) is 15.6 Å². The number of nitrogens with one attached hydrogen (secondary N) is 2. The summed E-state index contributed by atoms with van der Waals surface area (Å²) in [5.74, 6) is -0.672. The van der Waals surface area contributed by atoms with Crippen molar-refractivity contribution in [3.05, 3.63) is 123 Å². The molecule has 1 heterocycles. The Morgan fingerprint density at radius 3 is 2.42 bits per heavy atom. The van der Waals surface area contributed by atoms with E-state index < -0.39 is 11.9 Å². The molecule has 0 bridgehead atoms. The Hall–Kier alpha value is -4.99. The molecule has 0 unspecified atom stereocenters. The van der Waals surface area contributed by atoms with Crippen LogP contribution in [0.5, 0.6) is 11.5 Å². The fourth-order valence-corrected chi connectivity index (χ4v) is 5.56. The van der Waals surface area contributed by atoms with Crippen molar-refractivity contribution in [2.45, 2.75) is 13.8 Å². The summed E-state index contributed by atoms with van der Waals surface area (Å²) in [6.45, 7) is 4.07. The van der Waals surface area contributed by atoms with Crippen LogP contribution in [-0.4, -0.2) is 30.6 Å². The zero-order chi connectivity index (χ0) is 30.3. The fourth-order valence-electron chi connectivity index (χ4n) is 4.17. The number of hydrazone groups is 1. The van der Waals surface area contributed by atoms with Gasteiger partial charge >= 0.3 is 5.97 Å². The third-order valence-corrected chi connectivity index (χ3v) is 7.91. The summed E-state index contributed by atoms with van der Waals surface area (Å²) in [6.07, 6.45) is 1.45. The molecule has 4 aromatic carbocycles. The minimum absolute atomic E-state index is 0.233. The number of amides is 2. The fraction of sp³-hybridized carbons (Fsp3) is 0.0909. The lowest BCUT2D eigenvalue weighted by molar-refractivity contribution is 0.0733. The van der Waals surface area contributed by atoms with Gasteiger partial charge in [-0.25, -0.2) is 10.2 Å². The number of halogens is 1. The molecule has 0 atom stereocenters. The Morgan fingerprint density at radius 2 is 1.67 bits per heavy atom. The molecule has 0 spiro atoms. The Morgan fingerprint density at radius 1 is 0.884 bits per heavy atom. The van der Waals surface area contributed by atoms with Crippen molar-refractivity contribution in [2.24, 2.45) is 5.10 Å². The summed E-state index contributed by atoms with van der Waals surface area (Å²) >= 11 is 7.70. The van der Waals surface area contributed by atoms with E-state index in [1.165, 1.54) is 17.6 Å². The zero-order valence-corrected chi connectivity index (χ0v) is 24.8. The van der Waals surface area contributed by atoms with E-state index in [9.17, 15) is 14.4 Å². The summed E-state index contributed by atoms with van der Waals surface area (Å²) in [7, 11) is 0. The summed E-state index contributed by atoms with van der Waals surface area (Å²) in [6, 6.07) is 26.2. The number of carbonyl (C=O) groups excluding carboxylic acids is 3. The second kappa shape index (κ2) is 13.3. The van der Waals surface area contributed by atoms with Crippen LogP contribution < -0.4 is 20.2 Å². The molecule has 0 radical (unpaired) electrons. The third-order valence-electron chi connectivity index (χ3n) is 6.26. The van der Waals surface area contributed by atoms with E-state index in [1.54, 1.807) is 54.6 Å². The molecule has 216 valence electrons. The maximum Gasteiger partial charge on any atom is 0.355 e. The van der Waals surface area contributed by atoms with Crippen molar-refractivity contribution >= 4 is 62.7 Å². The lowest BCUT2D eigenvalue weighted by atomic mass is 10.1. The van der Waals surface area contributed by atoms with Gasteiger partial charge in [-0.3, -0.25) is 9.59 Å². The van der Waals surface area contributed by atoms with Crippen molar-refractivity contribution in [3.63, 3.8) is 0 Å². The van der Waals surface area contributed by atoms with Crippen LogP contribution in [0.4, 0.5) is 5.69 Å². The second-order valence-corrected chi connectivity index (χ2v) is 10.8. The molecule has 0 aliphatic rings. The normalized spacial score (nSPS) is 11.0. The highest BCUT2D eigenvalue weighted by atomic mass is 35.5. The van der Waals surface area contributed by atoms with E-state index in [1.807, 2.05) is 50.2 Å². The van der Waals surface area contributed by atoms with Crippen LogP contribution >= 0.6 is 22.9 Å². The van der Waals surface area contributed by atoms with Crippen molar-refractivity contribution in [1.82, 2.24) is 5.43 Å².